The first-order valence-electron chi connectivity index (χ1n) is 8.91. The number of nitrogens with zero attached hydrogens (tertiary/aromatic N) is 3. The van der Waals surface area contributed by atoms with Gasteiger partial charge >= 0.3 is 0 Å². The highest BCUT2D eigenvalue weighted by Gasteiger charge is 2.30. The number of carbonyl (C=O) groups is 1. The second-order valence-corrected chi connectivity index (χ2v) is 7.55. The normalized spacial score (nSPS) is 15.8. The van der Waals surface area contributed by atoms with Crippen molar-refractivity contribution in [2.24, 2.45) is 12.2 Å². The first kappa shape index (κ1) is 18.4. The minimum atomic E-state index is -0.664. The Morgan fingerprint density at radius 2 is 1.86 bits per heavy atom. The van der Waals surface area contributed by atoms with Crippen molar-refractivity contribution in [3.05, 3.63) is 70.3 Å². The fourth-order valence-electron chi connectivity index (χ4n) is 3.28. The van der Waals surface area contributed by atoms with Crippen LogP contribution in [0, 0.1) is 6.92 Å². The molecule has 0 spiro atoms. The lowest BCUT2D eigenvalue weighted by molar-refractivity contribution is -0.125. The lowest BCUT2D eigenvalue weighted by Gasteiger charge is -2.12. The van der Waals surface area contributed by atoms with Crippen LogP contribution >= 0.6 is 15.9 Å². The van der Waals surface area contributed by atoms with Crippen molar-refractivity contribution >= 4 is 33.4 Å². The van der Waals surface area contributed by atoms with Gasteiger partial charge < -0.3 is 10.2 Å². The van der Waals surface area contributed by atoms with Gasteiger partial charge in [-0.05, 0) is 30.2 Å². The van der Waals surface area contributed by atoms with Gasteiger partial charge in [-0.1, -0.05) is 63.6 Å². The van der Waals surface area contributed by atoms with Crippen LogP contribution in [0.1, 0.15) is 17.7 Å². The lowest BCUT2D eigenvalue weighted by Crippen LogP contribution is -2.29. The number of rotatable bonds is 4. The average molecular weight is 439 g/mol. The van der Waals surface area contributed by atoms with Gasteiger partial charge in [0.1, 0.15) is 5.82 Å². The van der Waals surface area contributed by atoms with E-state index in [1.807, 2.05) is 68.6 Å². The molecule has 0 saturated carbocycles. The summed E-state index contributed by atoms with van der Waals surface area (Å²) in [6, 6.07) is 17.7. The number of aryl methyl sites for hydroxylation is 2. The zero-order valence-electron chi connectivity index (χ0n) is 15.5. The highest BCUT2D eigenvalue weighted by atomic mass is 79.9. The van der Waals surface area contributed by atoms with E-state index < -0.39 is 6.10 Å². The Balaban J connectivity index is 1.54. The number of hydrogen-bond acceptors (Lipinski definition) is 4. The van der Waals surface area contributed by atoms with Crippen LogP contribution in [-0.2, 0) is 16.7 Å². The van der Waals surface area contributed by atoms with Crippen molar-refractivity contribution in [2.75, 3.05) is 5.32 Å². The van der Waals surface area contributed by atoms with Gasteiger partial charge in [-0.2, -0.15) is 5.10 Å². The van der Waals surface area contributed by atoms with Crippen molar-refractivity contribution in [1.29, 1.82) is 0 Å². The second-order valence-electron chi connectivity index (χ2n) is 6.63. The van der Waals surface area contributed by atoms with E-state index in [0.29, 0.717) is 12.2 Å². The minimum Gasteiger partial charge on any atom is -0.382 e. The molecule has 6 nitrogen and oxygen atoms in total. The maximum Gasteiger partial charge on any atom is 0.269 e. The molecule has 2 aromatic carbocycles. The fourth-order valence-corrected chi connectivity index (χ4v) is 3.54. The van der Waals surface area contributed by atoms with E-state index >= 15 is 0 Å². The van der Waals surface area contributed by atoms with Gasteiger partial charge in [-0.25, -0.2) is 0 Å². The maximum absolute atomic E-state index is 12.8. The number of carbonyl (C=O) groups excluding carboxylic acids is 1. The van der Waals surface area contributed by atoms with Crippen molar-refractivity contribution in [1.82, 2.24) is 9.78 Å². The molecule has 1 amide bonds. The molecule has 2 heterocycles. The van der Waals surface area contributed by atoms with E-state index in [4.69, 9.17) is 4.84 Å². The van der Waals surface area contributed by atoms with Gasteiger partial charge in [0.15, 0.2) is 0 Å². The molecule has 1 N–H and O–H groups in total. The number of benzene rings is 2. The van der Waals surface area contributed by atoms with Crippen molar-refractivity contribution in [3.8, 4) is 11.1 Å². The number of aromatic nitrogens is 2. The third-order valence-corrected chi connectivity index (χ3v) is 5.19. The molecule has 4 rings (SSSR count). The molecule has 1 aromatic heterocycles. The molecular weight excluding hydrogens is 420 g/mol. The summed E-state index contributed by atoms with van der Waals surface area (Å²) in [5.41, 5.74) is 4.46. The summed E-state index contributed by atoms with van der Waals surface area (Å²) in [6.45, 7) is 1.93. The van der Waals surface area contributed by atoms with E-state index in [1.54, 1.807) is 4.68 Å². The fraction of sp³-hybridized carbons (Fsp3) is 0.190. The zero-order chi connectivity index (χ0) is 19.7. The second kappa shape index (κ2) is 7.59. The Morgan fingerprint density at radius 3 is 2.57 bits per heavy atom. The Labute approximate surface area is 171 Å². The Kier molecular flexibility index (Phi) is 5.00. The van der Waals surface area contributed by atoms with E-state index in [1.165, 1.54) is 0 Å². The third-order valence-electron chi connectivity index (χ3n) is 4.67. The van der Waals surface area contributed by atoms with Crippen LogP contribution in [0.5, 0.6) is 0 Å². The summed E-state index contributed by atoms with van der Waals surface area (Å²) in [6.07, 6.45) is -0.233. The first-order valence-corrected chi connectivity index (χ1v) is 9.70. The van der Waals surface area contributed by atoms with Gasteiger partial charge in [0.25, 0.3) is 5.91 Å². The van der Waals surface area contributed by atoms with Crippen LogP contribution in [-0.4, -0.2) is 27.5 Å². The molecule has 7 heteroatoms. The lowest BCUT2D eigenvalue weighted by atomic mass is 10.0. The summed E-state index contributed by atoms with van der Waals surface area (Å²) in [5, 5.41) is 11.5. The van der Waals surface area contributed by atoms with Crippen LogP contribution in [0.2, 0.25) is 0 Å². The average Bonchev–Trinajstić information content (AvgIpc) is 3.29. The van der Waals surface area contributed by atoms with Crippen molar-refractivity contribution in [3.63, 3.8) is 0 Å². The highest BCUT2D eigenvalue weighted by Crippen LogP contribution is 2.32. The molecule has 1 aliphatic rings. The zero-order valence-corrected chi connectivity index (χ0v) is 17.1. The largest absolute Gasteiger partial charge is 0.382 e. The molecule has 142 valence electrons. The van der Waals surface area contributed by atoms with E-state index in [-0.39, 0.29) is 5.91 Å². The number of halogens is 1. The maximum atomic E-state index is 12.8. The molecule has 1 aliphatic heterocycles. The van der Waals surface area contributed by atoms with Gasteiger partial charge in [-0.3, -0.25) is 9.48 Å². The van der Waals surface area contributed by atoms with Crippen molar-refractivity contribution < 1.29 is 9.63 Å². The van der Waals surface area contributed by atoms with Gasteiger partial charge in [-0.15, -0.1) is 0 Å². The van der Waals surface area contributed by atoms with Gasteiger partial charge in [0.2, 0.25) is 6.10 Å². The Morgan fingerprint density at radius 1 is 1.14 bits per heavy atom. The predicted octanol–water partition coefficient (Wildman–Crippen LogP) is 4.29. The van der Waals surface area contributed by atoms with Crippen molar-refractivity contribution in [2.45, 2.75) is 19.4 Å². The van der Waals surface area contributed by atoms with Crippen LogP contribution in [0.15, 0.2) is 64.2 Å². The van der Waals surface area contributed by atoms with Crippen LogP contribution < -0.4 is 5.32 Å². The van der Waals surface area contributed by atoms with E-state index in [9.17, 15) is 4.79 Å². The standard InChI is InChI=1S/C21H19BrN4O2/c1-13-19(15-8-10-16(22)11-9-15)20(26(2)24-13)23-21(27)18-12-17(25-28-18)14-6-4-3-5-7-14/h3-11,18H,12H2,1-2H3,(H,23,27). The summed E-state index contributed by atoms with van der Waals surface area (Å²) < 4.78 is 2.67. The topological polar surface area (TPSA) is 68.5 Å². The number of amides is 1. The quantitative estimate of drug-likeness (QED) is 0.660. The summed E-state index contributed by atoms with van der Waals surface area (Å²) in [5.74, 6) is 0.401. The molecule has 28 heavy (non-hydrogen) atoms. The molecule has 1 atom stereocenters. The molecule has 1 unspecified atom stereocenters. The number of anilines is 1. The van der Waals surface area contributed by atoms with Crippen LogP contribution in [0.25, 0.3) is 11.1 Å². The molecular formula is C21H19BrN4O2. The molecule has 0 saturated heterocycles. The molecule has 0 fully saturated rings. The minimum absolute atomic E-state index is 0.240. The molecule has 0 aliphatic carbocycles. The smallest absolute Gasteiger partial charge is 0.269 e. The first-order chi connectivity index (χ1) is 13.5. The Hall–Kier alpha value is -2.93. The summed E-state index contributed by atoms with van der Waals surface area (Å²) in [4.78, 5) is 18.2. The Bertz CT molecular complexity index is 1040. The van der Waals surface area contributed by atoms with Gasteiger partial charge in [0, 0.05) is 23.5 Å². The molecule has 0 radical (unpaired) electrons. The number of oxime groups is 1. The summed E-state index contributed by atoms with van der Waals surface area (Å²) >= 11 is 3.45. The predicted molar refractivity (Wildman–Crippen MR) is 112 cm³/mol. The summed E-state index contributed by atoms with van der Waals surface area (Å²) in [7, 11) is 1.81. The molecule has 3 aromatic rings. The number of hydrogen-bond donors (Lipinski definition) is 1. The monoisotopic (exact) mass is 438 g/mol. The van der Waals surface area contributed by atoms with Gasteiger partial charge in [0.05, 0.1) is 11.4 Å². The van der Waals surface area contributed by atoms with Crippen LogP contribution in [0.3, 0.4) is 0 Å². The van der Waals surface area contributed by atoms with E-state index in [0.717, 1.165) is 32.6 Å². The van der Waals surface area contributed by atoms with E-state index in [2.05, 4.69) is 31.5 Å². The highest BCUT2D eigenvalue weighted by molar-refractivity contribution is 9.10. The third kappa shape index (κ3) is 3.57. The molecule has 0 bridgehead atoms. The SMILES string of the molecule is Cc1nn(C)c(NC(=O)C2CC(c3ccccc3)=NO2)c1-c1ccc(Br)cc1. The van der Waals surface area contributed by atoms with Crippen LogP contribution in [0.4, 0.5) is 5.82 Å². The number of nitrogens with one attached hydrogen (secondary N) is 1.